The number of benzene rings is 2. The SMILES string of the molecule is CCOC(=O)c1ccc(N2N=C(C(F)(F)F)C(=Cc3ccc(N(C)C)cc3)C2=O)cc1. The second-order valence-electron chi connectivity index (χ2n) is 6.87. The summed E-state index contributed by atoms with van der Waals surface area (Å²) in [6.45, 7) is 1.85. The molecule has 31 heavy (non-hydrogen) atoms. The summed E-state index contributed by atoms with van der Waals surface area (Å²) in [5.41, 5.74) is -0.207. The molecule has 0 spiro atoms. The number of amides is 1. The second-order valence-corrected chi connectivity index (χ2v) is 6.87. The van der Waals surface area contributed by atoms with Crippen molar-refractivity contribution < 1.29 is 27.5 Å². The van der Waals surface area contributed by atoms with E-state index in [-0.39, 0.29) is 17.9 Å². The van der Waals surface area contributed by atoms with Crippen LogP contribution in [0, 0.1) is 0 Å². The Morgan fingerprint density at radius 1 is 1.10 bits per heavy atom. The Hall–Kier alpha value is -3.62. The summed E-state index contributed by atoms with van der Waals surface area (Å²) in [5.74, 6) is -1.48. The third kappa shape index (κ3) is 4.76. The summed E-state index contributed by atoms with van der Waals surface area (Å²) in [6.07, 6.45) is -3.65. The fraction of sp³-hybridized carbons (Fsp3) is 0.227. The maximum absolute atomic E-state index is 13.6. The van der Waals surface area contributed by atoms with E-state index in [1.165, 1.54) is 30.3 Å². The van der Waals surface area contributed by atoms with Crippen LogP contribution in [0.15, 0.2) is 59.2 Å². The summed E-state index contributed by atoms with van der Waals surface area (Å²) < 4.78 is 45.6. The zero-order valence-corrected chi connectivity index (χ0v) is 17.1. The molecular weight excluding hydrogens is 411 g/mol. The zero-order valence-electron chi connectivity index (χ0n) is 17.1. The molecule has 162 valence electrons. The minimum absolute atomic E-state index is 0.103. The maximum atomic E-state index is 13.6. The molecule has 2 aromatic carbocycles. The van der Waals surface area contributed by atoms with Gasteiger partial charge < -0.3 is 9.64 Å². The van der Waals surface area contributed by atoms with Gasteiger partial charge in [0.25, 0.3) is 5.91 Å². The van der Waals surface area contributed by atoms with Crippen molar-refractivity contribution in [2.45, 2.75) is 13.1 Å². The molecule has 0 saturated carbocycles. The second kappa shape index (κ2) is 8.63. The van der Waals surface area contributed by atoms with Crippen LogP contribution in [0.1, 0.15) is 22.8 Å². The molecule has 0 atom stereocenters. The average Bonchev–Trinajstić information content (AvgIpc) is 3.05. The minimum Gasteiger partial charge on any atom is -0.462 e. The first kappa shape index (κ1) is 22.1. The molecule has 0 unspecified atom stereocenters. The minimum atomic E-state index is -4.81. The highest BCUT2D eigenvalue weighted by molar-refractivity contribution is 6.34. The summed E-state index contributed by atoms with van der Waals surface area (Å²) >= 11 is 0. The molecule has 0 aromatic heterocycles. The van der Waals surface area contributed by atoms with Crippen LogP contribution in [0.2, 0.25) is 0 Å². The molecule has 2 aromatic rings. The number of carbonyl (C=O) groups excluding carboxylic acids is 2. The van der Waals surface area contributed by atoms with Crippen molar-refractivity contribution in [2.75, 3.05) is 30.6 Å². The Balaban J connectivity index is 1.95. The van der Waals surface area contributed by atoms with E-state index in [0.29, 0.717) is 10.6 Å². The number of esters is 1. The van der Waals surface area contributed by atoms with E-state index in [9.17, 15) is 22.8 Å². The molecule has 1 aliphatic heterocycles. The first-order chi connectivity index (χ1) is 14.6. The number of hydrazone groups is 1. The Morgan fingerprint density at radius 2 is 1.71 bits per heavy atom. The van der Waals surface area contributed by atoms with Gasteiger partial charge in [-0.1, -0.05) is 12.1 Å². The van der Waals surface area contributed by atoms with Gasteiger partial charge in [-0.15, -0.1) is 0 Å². The Morgan fingerprint density at radius 3 is 2.23 bits per heavy atom. The number of ether oxygens (including phenoxy) is 1. The van der Waals surface area contributed by atoms with E-state index in [4.69, 9.17) is 4.74 Å². The number of anilines is 2. The van der Waals surface area contributed by atoms with Crippen molar-refractivity contribution in [1.29, 1.82) is 0 Å². The quantitative estimate of drug-likeness (QED) is 0.524. The number of hydrogen-bond donors (Lipinski definition) is 0. The van der Waals surface area contributed by atoms with Crippen molar-refractivity contribution in [2.24, 2.45) is 5.10 Å². The zero-order chi connectivity index (χ0) is 22.8. The number of carbonyl (C=O) groups is 2. The van der Waals surface area contributed by atoms with E-state index in [1.807, 2.05) is 19.0 Å². The summed E-state index contributed by atoms with van der Waals surface area (Å²) in [5, 5.41) is 4.21. The van der Waals surface area contributed by atoms with E-state index < -0.39 is 29.3 Å². The van der Waals surface area contributed by atoms with Crippen LogP contribution >= 0.6 is 0 Å². The van der Waals surface area contributed by atoms with Crippen LogP contribution in [0.25, 0.3) is 6.08 Å². The average molecular weight is 431 g/mol. The van der Waals surface area contributed by atoms with Crippen LogP contribution in [0.5, 0.6) is 0 Å². The predicted molar refractivity (Wildman–Crippen MR) is 112 cm³/mol. The van der Waals surface area contributed by atoms with Crippen LogP contribution in [-0.4, -0.2) is 44.5 Å². The van der Waals surface area contributed by atoms with Gasteiger partial charge in [-0.3, -0.25) is 4.79 Å². The standard InChI is InChI=1S/C22H20F3N3O3/c1-4-31-21(30)15-7-11-17(12-8-15)28-20(29)18(19(26-28)22(23,24)25)13-14-5-9-16(10-6-14)27(2)3/h5-13H,4H2,1-3H3. The Bertz CT molecular complexity index is 1040. The molecule has 6 nitrogen and oxygen atoms in total. The lowest BCUT2D eigenvalue weighted by Crippen LogP contribution is -2.25. The van der Waals surface area contributed by atoms with Crippen LogP contribution in [0.3, 0.4) is 0 Å². The first-order valence-corrected chi connectivity index (χ1v) is 9.38. The molecule has 0 fully saturated rings. The van der Waals surface area contributed by atoms with Crippen LogP contribution < -0.4 is 9.91 Å². The summed E-state index contributed by atoms with van der Waals surface area (Å²) in [6, 6.07) is 12.1. The molecule has 3 rings (SSSR count). The lowest BCUT2D eigenvalue weighted by molar-refractivity contribution is -0.114. The largest absolute Gasteiger partial charge is 0.462 e. The van der Waals surface area contributed by atoms with Gasteiger partial charge in [-0.05, 0) is 55.0 Å². The van der Waals surface area contributed by atoms with Gasteiger partial charge in [0, 0.05) is 19.8 Å². The maximum Gasteiger partial charge on any atom is 0.435 e. The van der Waals surface area contributed by atoms with Crippen molar-refractivity contribution in [3.63, 3.8) is 0 Å². The van der Waals surface area contributed by atoms with Crippen molar-refractivity contribution in [3.8, 4) is 0 Å². The first-order valence-electron chi connectivity index (χ1n) is 9.38. The van der Waals surface area contributed by atoms with E-state index in [1.54, 1.807) is 31.2 Å². The third-order valence-corrected chi connectivity index (χ3v) is 4.49. The molecule has 0 saturated heterocycles. The molecule has 0 bridgehead atoms. The highest BCUT2D eigenvalue weighted by Gasteiger charge is 2.46. The van der Waals surface area contributed by atoms with Crippen molar-refractivity contribution in [3.05, 3.63) is 65.2 Å². The normalized spacial score (nSPS) is 15.3. The number of alkyl halides is 3. The van der Waals surface area contributed by atoms with Crippen LogP contribution in [0.4, 0.5) is 24.5 Å². The van der Waals surface area contributed by atoms with Crippen molar-refractivity contribution >= 4 is 35.0 Å². The highest BCUT2D eigenvalue weighted by Crippen LogP contribution is 2.33. The Labute approximate surface area is 177 Å². The molecule has 0 aliphatic carbocycles. The van der Waals surface area contributed by atoms with Gasteiger partial charge in [0.05, 0.1) is 23.4 Å². The molecule has 0 radical (unpaired) electrons. The van der Waals surface area contributed by atoms with Gasteiger partial charge in [0.1, 0.15) is 0 Å². The van der Waals surface area contributed by atoms with Crippen molar-refractivity contribution in [1.82, 2.24) is 0 Å². The summed E-state index contributed by atoms with van der Waals surface area (Å²) in [4.78, 5) is 26.4. The molecule has 1 aliphatic rings. The monoisotopic (exact) mass is 431 g/mol. The predicted octanol–water partition coefficient (Wildman–Crippen LogP) is 4.28. The topological polar surface area (TPSA) is 62.2 Å². The number of nitrogens with zero attached hydrogens (tertiary/aromatic N) is 3. The van der Waals surface area contributed by atoms with E-state index in [2.05, 4.69) is 5.10 Å². The number of rotatable bonds is 5. The molecule has 1 amide bonds. The van der Waals surface area contributed by atoms with Gasteiger partial charge in [-0.2, -0.15) is 23.3 Å². The number of halogens is 3. The third-order valence-electron chi connectivity index (χ3n) is 4.49. The Kier molecular flexibility index (Phi) is 6.14. The van der Waals surface area contributed by atoms with Gasteiger partial charge in [0.15, 0.2) is 5.71 Å². The van der Waals surface area contributed by atoms with Crippen LogP contribution in [-0.2, 0) is 9.53 Å². The fourth-order valence-electron chi connectivity index (χ4n) is 2.92. The van der Waals surface area contributed by atoms with E-state index >= 15 is 0 Å². The highest BCUT2D eigenvalue weighted by atomic mass is 19.4. The van der Waals surface area contributed by atoms with Gasteiger partial charge in [-0.25, -0.2) is 4.79 Å². The molecule has 0 N–H and O–H groups in total. The lowest BCUT2D eigenvalue weighted by Gasteiger charge is -2.13. The van der Waals surface area contributed by atoms with Gasteiger partial charge in [0.2, 0.25) is 0 Å². The molecule has 1 heterocycles. The summed E-state index contributed by atoms with van der Waals surface area (Å²) in [7, 11) is 3.68. The van der Waals surface area contributed by atoms with E-state index in [0.717, 1.165) is 5.69 Å². The molecular formula is C22H20F3N3O3. The fourth-order valence-corrected chi connectivity index (χ4v) is 2.92. The van der Waals surface area contributed by atoms with Gasteiger partial charge >= 0.3 is 12.1 Å². The number of hydrogen-bond acceptors (Lipinski definition) is 5. The lowest BCUT2D eigenvalue weighted by atomic mass is 10.1. The smallest absolute Gasteiger partial charge is 0.435 e. The molecule has 9 heteroatoms.